The lowest BCUT2D eigenvalue weighted by Gasteiger charge is -2.24. The molecule has 0 aliphatic carbocycles. The van der Waals surface area contributed by atoms with Crippen LogP contribution in [0.1, 0.15) is 30.8 Å². The van der Waals surface area contributed by atoms with Crippen LogP contribution in [0.25, 0.3) is 0 Å². The minimum atomic E-state index is -3.64. The van der Waals surface area contributed by atoms with E-state index in [0.717, 1.165) is 0 Å². The molecule has 0 saturated heterocycles. The zero-order valence-electron chi connectivity index (χ0n) is 12.3. The van der Waals surface area contributed by atoms with Gasteiger partial charge in [-0.3, -0.25) is 9.59 Å². The molecule has 0 spiro atoms. The summed E-state index contributed by atoms with van der Waals surface area (Å²) in [5, 5.41) is 11.4. The number of carboxylic acid groups (broad SMARTS) is 1. The van der Waals surface area contributed by atoms with E-state index in [-0.39, 0.29) is 17.0 Å². The van der Waals surface area contributed by atoms with Crippen molar-refractivity contribution in [2.75, 3.05) is 7.05 Å². The molecule has 0 saturated carbocycles. The normalized spacial score (nSPS) is 12.2. The molecule has 1 rings (SSSR count). The van der Waals surface area contributed by atoms with Crippen molar-refractivity contribution in [1.82, 2.24) is 14.6 Å². The summed E-state index contributed by atoms with van der Waals surface area (Å²) in [5.74, 6) is -1.58. The highest BCUT2D eigenvalue weighted by molar-refractivity contribution is 7.89. The first kappa shape index (κ1) is 17.2. The lowest BCUT2D eigenvalue weighted by Crippen LogP contribution is -2.45. The second-order valence-electron chi connectivity index (χ2n) is 5.29. The van der Waals surface area contributed by atoms with Crippen molar-refractivity contribution in [3.05, 3.63) is 18.0 Å². The zero-order chi connectivity index (χ0) is 16.4. The molecule has 9 heteroatoms. The van der Waals surface area contributed by atoms with Crippen molar-refractivity contribution in [3.8, 4) is 0 Å². The minimum absolute atomic E-state index is 0.0336. The maximum atomic E-state index is 12.2. The first-order valence-corrected chi connectivity index (χ1v) is 7.61. The molecule has 3 N–H and O–H groups in total. The molecule has 0 radical (unpaired) electrons. The number of hydrogen-bond acceptors (Lipinski definition) is 4. The maximum absolute atomic E-state index is 12.2. The number of sulfonamides is 1. The van der Waals surface area contributed by atoms with Crippen LogP contribution in [0.3, 0.4) is 0 Å². The largest absolute Gasteiger partial charge is 0.481 e. The molecule has 0 bridgehead atoms. The summed E-state index contributed by atoms with van der Waals surface area (Å²) in [7, 11) is -0.830. The van der Waals surface area contributed by atoms with Crippen LogP contribution in [0.5, 0.6) is 0 Å². The maximum Gasteiger partial charge on any atom is 0.305 e. The highest BCUT2D eigenvalue weighted by Crippen LogP contribution is 2.15. The van der Waals surface area contributed by atoms with Gasteiger partial charge in [0.25, 0.3) is 5.91 Å². The molecule has 0 fully saturated rings. The lowest BCUT2D eigenvalue weighted by molar-refractivity contribution is -0.138. The van der Waals surface area contributed by atoms with Gasteiger partial charge in [-0.2, -0.15) is 0 Å². The van der Waals surface area contributed by atoms with Crippen LogP contribution in [-0.2, 0) is 21.9 Å². The van der Waals surface area contributed by atoms with Gasteiger partial charge in [-0.25, -0.2) is 13.1 Å². The average molecular weight is 317 g/mol. The fourth-order valence-corrected chi connectivity index (χ4v) is 2.62. The van der Waals surface area contributed by atoms with Gasteiger partial charge >= 0.3 is 5.97 Å². The number of carboxylic acids is 1. The van der Waals surface area contributed by atoms with Crippen LogP contribution < -0.4 is 10.0 Å². The first-order chi connectivity index (χ1) is 9.48. The van der Waals surface area contributed by atoms with Crippen LogP contribution in [0.15, 0.2) is 17.2 Å². The minimum Gasteiger partial charge on any atom is -0.481 e. The van der Waals surface area contributed by atoms with E-state index in [1.807, 2.05) is 0 Å². The summed E-state index contributed by atoms with van der Waals surface area (Å²) >= 11 is 0. The smallest absolute Gasteiger partial charge is 0.305 e. The van der Waals surface area contributed by atoms with E-state index in [4.69, 9.17) is 5.11 Å². The zero-order valence-corrected chi connectivity index (χ0v) is 13.1. The van der Waals surface area contributed by atoms with Crippen molar-refractivity contribution >= 4 is 21.9 Å². The Labute approximate surface area is 123 Å². The summed E-state index contributed by atoms with van der Waals surface area (Å²) in [4.78, 5) is 22.8. The van der Waals surface area contributed by atoms with Crippen LogP contribution >= 0.6 is 0 Å². The number of rotatable bonds is 6. The van der Waals surface area contributed by atoms with Crippen molar-refractivity contribution in [2.45, 2.75) is 30.7 Å². The third-order valence-corrected chi connectivity index (χ3v) is 4.22. The molecule has 1 aromatic rings. The van der Waals surface area contributed by atoms with Crippen molar-refractivity contribution in [1.29, 1.82) is 0 Å². The highest BCUT2D eigenvalue weighted by Gasteiger charge is 2.26. The van der Waals surface area contributed by atoms with Gasteiger partial charge in [0.05, 0.1) is 6.42 Å². The number of nitrogens with one attached hydrogen (secondary N) is 2. The fraction of sp³-hybridized carbons (Fsp3) is 0.500. The molecule has 0 aliphatic heterocycles. The summed E-state index contributed by atoms with van der Waals surface area (Å²) in [5.41, 5.74) is -0.822. The molecule has 0 aliphatic rings. The van der Waals surface area contributed by atoms with Crippen molar-refractivity contribution in [2.24, 2.45) is 7.05 Å². The standard InChI is InChI=1S/C12H19N3O5S/c1-12(2,6-10(16)17)14-11(18)9-5-8(7-15(9)4)21(19,20)13-3/h5,7,13H,6H2,1-4H3,(H,14,18)(H,16,17). The molecule has 0 atom stereocenters. The van der Waals surface area contributed by atoms with Crippen LogP contribution in [0, 0.1) is 0 Å². The van der Waals surface area contributed by atoms with Gasteiger partial charge in [0.15, 0.2) is 0 Å². The number of carbonyl (C=O) groups is 2. The Balaban J connectivity index is 3.02. The van der Waals surface area contributed by atoms with E-state index in [1.54, 1.807) is 13.8 Å². The number of hydrogen-bond donors (Lipinski definition) is 3. The Kier molecular flexibility index (Phi) is 4.79. The second-order valence-corrected chi connectivity index (χ2v) is 7.17. The predicted molar refractivity (Wildman–Crippen MR) is 75.5 cm³/mol. The molecule has 0 aromatic carbocycles. The van der Waals surface area contributed by atoms with Crippen LogP contribution in [-0.4, -0.2) is 42.6 Å². The molecule has 0 unspecified atom stereocenters. The number of nitrogens with zero attached hydrogens (tertiary/aromatic N) is 1. The number of aliphatic carboxylic acids is 1. The molecular formula is C12H19N3O5S. The van der Waals surface area contributed by atoms with Crippen molar-refractivity contribution in [3.63, 3.8) is 0 Å². The lowest BCUT2D eigenvalue weighted by atomic mass is 10.0. The Morgan fingerprint density at radius 2 is 1.95 bits per heavy atom. The summed E-state index contributed by atoms with van der Waals surface area (Å²) in [6.45, 7) is 3.15. The Morgan fingerprint density at radius 1 is 1.38 bits per heavy atom. The molecule has 1 amide bonds. The fourth-order valence-electron chi connectivity index (χ4n) is 1.82. The topological polar surface area (TPSA) is 118 Å². The van der Waals surface area contributed by atoms with E-state index in [2.05, 4.69) is 10.0 Å². The van der Waals surface area contributed by atoms with E-state index in [1.165, 1.54) is 30.9 Å². The van der Waals surface area contributed by atoms with Gasteiger partial charge in [0.1, 0.15) is 10.6 Å². The van der Waals surface area contributed by atoms with Gasteiger partial charge < -0.3 is 15.0 Å². The number of aryl methyl sites for hydroxylation is 1. The van der Waals surface area contributed by atoms with Crippen LogP contribution in [0.2, 0.25) is 0 Å². The van der Waals surface area contributed by atoms with Gasteiger partial charge in [0, 0.05) is 18.8 Å². The molecule has 118 valence electrons. The summed E-state index contributed by atoms with van der Waals surface area (Å²) in [6.07, 6.45) is 1.07. The van der Waals surface area contributed by atoms with Crippen LogP contribution in [0.4, 0.5) is 0 Å². The number of carbonyl (C=O) groups excluding carboxylic acids is 1. The van der Waals surface area contributed by atoms with Gasteiger partial charge in [-0.1, -0.05) is 0 Å². The van der Waals surface area contributed by atoms with E-state index in [9.17, 15) is 18.0 Å². The van der Waals surface area contributed by atoms with Gasteiger partial charge in [-0.05, 0) is 27.0 Å². The van der Waals surface area contributed by atoms with Crippen molar-refractivity contribution < 1.29 is 23.1 Å². The molecular weight excluding hydrogens is 298 g/mol. The third-order valence-electron chi connectivity index (χ3n) is 2.84. The second kappa shape index (κ2) is 5.86. The van der Waals surface area contributed by atoms with E-state index < -0.39 is 27.4 Å². The third kappa shape index (κ3) is 4.30. The first-order valence-electron chi connectivity index (χ1n) is 6.13. The Bertz CT molecular complexity index is 660. The Hall–Kier alpha value is -1.87. The molecule has 1 heterocycles. The quantitative estimate of drug-likeness (QED) is 0.678. The van der Waals surface area contributed by atoms with E-state index in [0.29, 0.717) is 0 Å². The Morgan fingerprint density at radius 3 is 2.43 bits per heavy atom. The SMILES string of the molecule is CNS(=O)(=O)c1cc(C(=O)NC(C)(C)CC(=O)O)n(C)c1. The van der Waals surface area contributed by atoms with Gasteiger partial charge in [-0.15, -0.1) is 0 Å². The number of amides is 1. The highest BCUT2D eigenvalue weighted by atomic mass is 32.2. The molecule has 21 heavy (non-hydrogen) atoms. The summed E-state index contributed by atoms with van der Waals surface area (Å²) in [6, 6.07) is 1.23. The predicted octanol–water partition coefficient (Wildman–Crippen LogP) is -0.0837. The summed E-state index contributed by atoms with van der Waals surface area (Å²) < 4.78 is 26.9. The monoisotopic (exact) mass is 317 g/mol. The van der Waals surface area contributed by atoms with E-state index >= 15 is 0 Å². The van der Waals surface area contributed by atoms with Gasteiger partial charge in [0.2, 0.25) is 10.0 Å². The number of aromatic nitrogens is 1. The average Bonchev–Trinajstić information content (AvgIpc) is 2.69. The molecule has 8 nitrogen and oxygen atoms in total. The molecule has 1 aromatic heterocycles.